The van der Waals surface area contributed by atoms with Crippen LogP contribution in [0.3, 0.4) is 0 Å². The standard InChI is InChI=1S/C13H11BrF3N3/c14-11-4-3-9(13(15,16)17)6-10(11)12(20-18)8-2-1-5-19-7-8/h1-7,12,20H,18H2. The average molecular weight is 346 g/mol. The monoisotopic (exact) mass is 345 g/mol. The molecule has 3 nitrogen and oxygen atoms in total. The molecule has 0 saturated heterocycles. The van der Waals surface area contributed by atoms with Gasteiger partial charge < -0.3 is 0 Å². The van der Waals surface area contributed by atoms with Crippen LogP contribution in [-0.4, -0.2) is 4.98 Å². The Bertz CT molecular complexity index is 587. The topological polar surface area (TPSA) is 50.9 Å². The number of nitrogens with zero attached hydrogens (tertiary/aromatic N) is 1. The van der Waals surface area contributed by atoms with Crippen molar-refractivity contribution in [3.63, 3.8) is 0 Å². The molecule has 2 rings (SSSR count). The summed E-state index contributed by atoms with van der Waals surface area (Å²) in [7, 11) is 0. The van der Waals surface area contributed by atoms with Gasteiger partial charge in [-0.05, 0) is 35.4 Å². The highest BCUT2D eigenvalue weighted by Gasteiger charge is 2.31. The molecule has 1 aromatic carbocycles. The molecular formula is C13H11BrF3N3. The molecule has 2 aromatic rings. The van der Waals surface area contributed by atoms with Crippen LogP contribution in [0.15, 0.2) is 47.2 Å². The molecule has 0 spiro atoms. The molecule has 3 N–H and O–H groups in total. The molecule has 0 amide bonds. The molecule has 1 unspecified atom stereocenters. The molecule has 0 saturated carbocycles. The van der Waals surface area contributed by atoms with E-state index in [2.05, 4.69) is 26.3 Å². The van der Waals surface area contributed by atoms with Crippen molar-refractivity contribution >= 4 is 15.9 Å². The van der Waals surface area contributed by atoms with Gasteiger partial charge in [-0.15, -0.1) is 0 Å². The van der Waals surface area contributed by atoms with Crippen molar-refractivity contribution < 1.29 is 13.2 Å². The number of nitrogens with two attached hydrogens (primary N) is 1. The van der Waals surface area contributed by atoms with Crippen molar-refractivity contribution in [1.29, 1.82) is 0 Å². The fraction of sp³-hybridized carbons (Fsp3) is 0.154. The molecule has 0 radical (unpaired) electrons. The Hall–Kier alpha value is -1.44. The average Bonchev–Trinajstić information content (AvgIpc) is 2.41. The van der Waals surface area contributed by atoms with Crippen LogP contribution in [0, 0.1) is 0 Å². The van der Waals surface area contributed by atoms with Gasteiger partial charge in [0.15, 0.2) is 0 Å². The van der Waals surface area contributed by atoms with Gasteiger partial charge >= 0.3 is 6.18 Å². The second-order valence-corrected chi connectivity index (χ2v) is 4.97. The summed E-state index contributed by atoms with van der Waals surface area (Å²) in [6, 6.07) is 6.30. The van der Waals surface area contributed by atoms with Gasteiger partial charge in [0, 0.05) is 16.9 Å². The van der Waals surface area contributed by atoms with Gasteiger partial charge in [-0.3, -0.25) is 10.8 Å². The lowest BCUT2D eigenvalue weighted by atomic mass is 9.99. The van der Waals surface area contributed by atoms with E-state index < -0.39 is 17.8 Å². The number of hydrogen-bond acceptors (Lipinski definition) is 3. The Morgan fingerprint density at radius 3 is 2.55 bits per heavy atom. The Kier molecular flexibility index (Phi) is 4.42. The van der Waals surface area contributed by atoms with Crippen molar-refractivity contribution in [1.82, 2.24) is 10.4 Å². The SMILES string of the molecule is NNC(c1cccnc1)c1cc(C(F)(F)F)ccc1Br. The molecule has 20 heavy (non-hydrogen) atoms. The fourth-order valence-corrected chi connectivity index (χ4v) is 2.33. The summed E-state index contributed by atoms with van der Waals surface area (Å²) >= 11 is 3.25. The molecule has 1 heterocycles. The van der Waals surface area contributed by atoms with E-state index in [0.29, 0.717) is 15.6 Å². The third kappa shape index (κ3) is 3.17. The molecule has 0 aliphatic heterocycles. The maximum Gasteiger partial charge on any atom is 0.416 e. The smallest absolute Gasteiger partial charge is 0.271 e. The van der Waals surface area contributed by atoms with Crippen LogP contribution in [0.5, 0.6) is 0 Å². The zero-order valence-corrected chi connectivity index (χ0v) is 11.7. The maximum atomic E-state index is 12.8. The summed E-state index contributed by atoms with van der Waals surface area (Å²) in [5.41, 5.74) is 2.87. The third-order valence-electron chi connectivity index (χ3n) is 2.82. The number of nitrogens with one attached hydrogen (secondary N) is 1. The van der Waals surface area contributed by atoms with Crippen LogP contribution in [0.2, 0.25) is 0 Å². The first kappa shape index (κ1) is 15.0. The number of aromatic nitrogens is 1. The molecule has 1 atom stereocenters. The summed E-state index contributed by atoms with van der Waals surface area (Å²) in [6.45, 7) is 0. The van der Waals surface area contributed by atoms with Gasteiger partial charge in [-0.1, -0.05) is 22.0 Å². The van der Waals surface area contributed by atoms with E-state index in [9.17, 15) is 13.2 Å². The maximum absolute atomic E-state index is 12.8. The van der Waals surface area contributed by atoms with Gasteiger partial charge in [-0.25, -0.2) is 5.43 Å². The second kappa shape index (κ2) is 5.90. The molecule has 0 aliphatic carbocycles. The van der Waals surface area contributed by atoms with Gasteiger partial charge in [-0.2, -0.15) is 13.2 Å². The minimum Gasteiger partial charge on any atom is -0.271 e. The molecular weight excluding hydrogens is 335 g/mol. The Labute approximate surface area is 122 Å². The van der Waals surface area contributed by atoms with Crippen molar-refractivity contribution in [3.8, 4) is 0 Å². The number of benzene rings is 1. The van der Waals surface area contributed by atoms with E-state index in [1.165, 1.54) is 6.07 Å². The van der Waals surface area contributed by atoms with Gasteiger partial charge in [0.25, 0.3) is 0 Å². The van der Waals surface area contributed by atoms with E-state index >= 15 is 0 Å². The summed E-state index contributed by atoms with van der Waals surface area (Å²) in [6.07, 6.45) is -1.26. The first-order valence-corrected chi connectivity index (χ1v) is 6.45. The molecule has 0 bridgehead atoms. The quantitative estimate of drug-likeness (QED) is 0.662. The first-order valence-electron chi connectivity index (χ1n) is 5.66. The van der Waals surface area contributed by atoms with Crippen molar-refractivity contribution in [2.75, 3.05) is 0 Å². The van der Waals surface area contributed by atoms with Gasteiger partial charge in [0.1, 0.15) is 0 Å². The predicted molar refractivity (Wildman–Crippen MR) is 72.5 cm³/mol. The molecule has 106 valence electrons. The molecule has 7 heteroatoms. The van der Waals surface area contributed by atoms with Crippen LogP contribution in [0.1, 0.15) is 22.7 Å². The normalized spacial score (nSPS) is 13.2. The van der Waals surface area contributed by atoms with Gasteiger partial charge in [0.05, 0.1) is 11.6 Å². The number of hydrazine groups is 1. The summed E-state index contributed by atoms with van der Waals surface area (Å²) in [4.78, 5) is 3.95. The highest BCUT2D eigenvalue weighted by Crippen LogP contribution is 2.35. The lowest BCUT2D eigenvalue weighted by molar-refractivity contribution is -0.137. The van der Waals surface area contributed by atoms with Crippen LogP contribution in [0.25, 0.3) is 0 Å². The fourth-order valence-electron chi connectivity index (χ4n) is 1.85. The number of halogens is 4. The Balaban J connectivity index is 2.50. The third-order valence-corrected chi connectivity index (χ3v) is 3.54. The minimum absolute atomic E-state index is 0.398. The van der Waals surface area contributed by atoms with E-state index in [1.807, 2.05) is 0 Å². The number of pyridine rings is 1. The van der Waals surface area contributed by atoms with E-state index in [-0.39, 0.29) is 0 Å². The van der Waals surface area contributed by atoms with Gasteiger partial charge in [0.2, 0.25) is 0 Å². The largest absolute Gasteiger partial charge is 0.416 e. The summed E-state index contributed by atoms with van der Waals surface area (Å²) < 4.78 is 38.9. The van der Waals surface area contributed by atoms with E-state index in [0.717, 1.165) is 12.1 Å². The minimum atomic E-state index is -4.40. The highest BCUT2D eigenvalue weighted by atomic mass is 79.9. The lowest BCUT2D eigenvalue weighted by Crippen LogP contribution is -2.29. The summed E-state index contributed by atoms with van der Waals surface area (Å²) in [5.74, 6) is 5.48. The Morgan fingerprint density at radius 2 is 2.00 bits per heavy atom. The van der Waals surface area contributed by atoms with Crippen molar-refractivity contribution in [2.24, 2.45) is 5.84 Å². The van der Waals surface area contributed by atoms with E-state index in [1.54, 1.807) is 24.5 Å². The molecule has 1 aromatic heterocycles. The zero-order chi connectivity index (χ0) is 14.8. The second-order valence-electron chi connectivity index (χ2n) is 4.12. The number of rotatable bonds is 3. The number of hydrogen-bond donors (Lipinski definition) is 2. The van der Waals surface area contributed by atoms with Crippen molar-refractivity contribution in [3.05, 3.63) is 63.9 Å². The molecule has 0 fully saturated rings. The summed E-state index contributed by atoms with van der Waals surface area (Å²) in [5, 5.41) is 0. The van der Waals surface area contributed by atoms with Crippen LogP contribution >= 0.6 is 15.9 Å². The lowest BCUT2D eigenvalue weighted by Gasteiger charge is -2.19. The van der Waals surface area contributed by atoms with E-state index in [4.69, 9.17) is 5.84 Å². The zero-order valence-electron chi connectivity index (χ0n) is 10.2. The van der Waals surface area contributed by atoms with Crippen molar-refractivity contribution in [2.45, 2.75) is 12.2 Å². The number of alkyl halides is 3. The predicted octanol–water partition coefficient (Wildman–Crippen LogP) is 3.42. The Morgan fingerprint density at radius 1 is 1.25 bits per heavy atom. The van der Waals surface area contributed by atoms with Crippen LogP contribution in [0.4, 0.5) is 13.2 Å². The molecule has 0 aliphatic rings. The highest BCUT2D eigenvalue weighted by molar-refractivity contribution is 9.10. The van der Waals surface area contributed by atoms with Crippen LogP contribution in [-0.2, 0) is 6.18 Å². The first-order chi connectivity index (χ1) is 9.43. The van der Waals surface area contributed by atoms with Crippen LogP contribution < -0.4 is 11.3 Å².